The summed E-state index contributed by atoms with van der Waals surface area (Å²) in [6.45, 7) is 6.76. The van der Waals surface area contributed by atoms with E-state index in [1.54, 1.807) is 0 Å². The Morgan fingerprint density at radius 1 is 1.50 bits per heavy atom. The van der Waals surface area contributed by atoms with Gasteiger partial charge in [0.05, 0.1) is 0 Å². The summed E-state index contributed by atoms with van der Waals surface area (Å²) in [7, 11) is 0. The number of rotatable bonds is 3. The average Bonchev–Trinajstić information content (AvgIpc) is 1.92. The van der Waals surface area contributed by atoms with Crippen LogP contribution in [0.5, 0.6) is 0 Å². The average molecular weight is 146 g/mol. The Bertz CT molecular complexity index is 74.0. The van der Waals surface area contributed by atoms with E-state index in [-0.39, 0.29) is 0 Å². The first kappa shape index (κ1) is 12.0. The molecule has 0 aliphatic heterocycles. The number of carbonyl (C=O) groups is 1. The van der Waals surface area contributed by atoms with Crippen molar-refractivity contribution in [3.63, 3.8) is 0 Å². The molecule has 0 heterocycles. The molecule has 0 radical (unpaired) electrons. The van der Waals surface area contributed by atoms with Gasteiger partial charge in [0.15, 0.2) is 0 Å². The minimum absolute atomic E-state index is 0.432. The van der Waals surface area contributed by atoms with Crippen LogP contribution in [0.25, 0.3) is 0 Å². The summed E-state index contributed by atoms with van der Waals surface area (Å²) in [6, 6.07) is -0.432. The van der Waals surface area contributed by atoms with E-state index in [0.29, 0.717) is 6.54 Å². The Balaban J connectivity index is 0. The number of primary amides is 1. The summed E-state index contributed by atoms with van der Waals surface area (Å²) in [5, 5.41) is 2.49. The van der Waals surface area contributed by atoms with Gasteiger partial charge in [-0.05, 0) is 6.42 Å². The number of unbranched alkanes of at least 4 members (excludes halogenated alkanes) is 1. The summed E-state index contributed by atoms with van der Waals surface area (Å²) >= 11 is 0. The topological polar surface area (TPSA) is 55.1 Å². The summed E-state index contributed by atoms with van der Waals surface area (Å²) in [6.07, 6.45) is 2.09. The van der Waals surface area contributed by atoms with Crippen LogP contribution in [-0.2, 0) is 0 Å². The standard InChI is InChI=1S/C5H12N2O.C2H6/c1-2-3-4-7-5(6)8;1-2/h2-4H2,1H3,(H3,6,7,8);1-2H3. The largest absolute Gasteiger partial charge is 0.352 e. The van der Waals surface area contributed by atoms with E-state index in [2.05, 4.69) is 12.2 Å². The first-order chi connectivity index (χ1) is 4.77. The minimum atomic E-state index is -0.432. The quantitative estimate of drug-likeness (QED) is 0.582. The zero-order valence-electron chi connectivity index (χ0n) is 7.11. The summed E-state index contributed by atoms with van der Waals surface area (Å²) in [5.74, 6) is 0. The number of hydrogen-bond donors (Lipinski definition) is 2. The maximum Gasteiger partial charge on any atom is 0.312 e. The highest BCUT2D eigenvalue weighted by molar-refractivity contribution is 5.71. The Morgan fingerprint density at radius 2 is 2.00 bits per heavy atom. The molecule has 0 saturated carbocycles. The van der Waals surface area contributed by atoms with Crippen LogP contribution >= 0.6 is 0 Å². The number of urea groups is 1. The van der Waals surface area contributed by atoms with Crippen LogP contribution in [0.3, 0.4) is 0 Å². The highest BCUT2D eigenvalue weighted by atomic mass is 16.2. The van der Waals surface area contributed by atoms with Gasteiger partial charge in [0.2, 0.25) is 0 Å². The van der Waals surface area contributed by atoms with Gasteiger partial charge in [0.1, 0.15) is 0 Å². The molecule has 0 aliphatic carbocycles. The lowest BCUT2D eigenvalue weighted by Gasteiger charge is -1.96. The van der Waals surface area contributed by atoms with Gasteiger partial charge in [0.25, 0.3) is 0 Å². The van der Waals surface area contributed by atoms with E-state index in [1.807, 2.05) is 13.8 Å². The van der Waals surface area contributed by atoms with Gasteiger partial charge in [0, 0.05) is 6.54 Å². The van der Waals surface area contributed by atoms with Gasteiger partial charge in [-0.15, -0.1) is 0 Å². The summed E-state index contributed by atoms with van der Waals surface area (Å²) in [4.78, 5) is 9.99. The second-order valence-electron chi connectivity index (χ2n) is 1.64. The molecule has 3 heteroatoms. The van der Waals surface area contributed by atoms with E-state index in [4.69, 9.17) is 5.73 Å². The molecule has 0 unspecified atom stereocenters. The third-order valence-corrected chi connectivity index (χ3v) is 0.830. The van der Waals surface area contributed by atoms with Crippen molar-refractivity contribution in [2.75, 3.05) is 6.54 Å². The van der Waals surface area contributed by atoms with Crippen molar-refractivity contribution < 1.29 is 4.79 Å². The van der Waals surface area contributed by atoms with Crippen LogP contribution in [0.4, 0.5) is 4.79 Å². The monoisotopic (exact) mass is 146 g/mol. The third kappa shape index (κ3) is 15.7. The van der Waals surface area contributed by atoms with Gasteiger partial charge >= 0.3 is 6.03 Å². The first-order valence-corrected chi connectivity index (χ1v) is 3.80. The van der Waals surface area contributed by atoms with Crippen LogP contribution in [0, 0.1) is 0 Å². The van der Waals surface area contributed by atoms with E-state index in [9.17, 15) is 4.79 Å². The minimum Gasteiger partial charge on any atom is -0.352 e. The molecule has 3 N–H and O–H groups in total. The molecule has 0 spiro atoms. The molecule has 0 rings (SSSR count). The second-order valence-corrected chi connectivity index (χ2v) is 1.64. The van der Waals surface area contributed by atoms with Gasteiger partial charge in [-0.3, -0.25) is 0 Å². The van der Waals surface area contributed by atoms with Crippen molar-refractivity contribution in [1.82, 2.24) is 5.32 Å². The number of amides is 2. The SMILES string of the molecule is CC.CCCCNC(N)=O. The maximum absolute atomic E-state index is 9.99. The molecule has 2 amide bonds. The zero-order chi connectivity index (χ0) is 8.41. The molecule has 0 aromatic rings. The molecular formula is C7H18N2O. The lowest BCUT2D eigenvalue weighted by Crippen LogP contribution is -2.29. The van der Waals surface area contributed by atoms with Crippen LogP contribution in [0.15, 0.2) is 0 Å². The molecular weight excluding hydrogens is 128 g/mol. The van der Waals surface area contributed by atoms with Crippen molar-refractivity contribution in [2.45, 2.75) is 33.6 Å². The normalized spacial score (nSPS) is 7.50. The molecule has 10 heavy (non-hydrogen) atoms. The van der Waals surface area contributed by atoms with Gasteiger partial charge in [-0.25, -0.2) is 4.79 Å². The van der Waals surface area contributed by atoms with Crippen LogP contribution in [0.2, 0.25) is 0 Å². The van der Waals surface area contributed by atoms with Crippen LogP contribution < -0.4 is 11.1 Å². The van der Waals surface area contributed by atoms with Crippen molar-refractivity contribution in [3.8, 4) is 0 Å². The second kappa shape index (κ2) is 11.1. The molecule has 0 fully saturated rings. The predicted molar refractivity (Wildman–Crippen MR) is 43.8 cm³/mol. The Morgan fingerprint density at radius 3 is 2.30 bits per heavy atom. The lowest BCUT2D eigenvalue weighted by atomic mass is 10.3. The summed E-state index contributed by atoms with van der Waals surface area (Å²) < 4.78 is 0. The fourth-order valence-electron chi connectivity index (χ4n) is 0.388. The molecule has 62 valence electrons. The summed E-state index contributed by atoms with van der Waals surface area (Å²) in [5.41, 5.74) is 4.78. The molecule has 0 aromatic heterocycles. The van der Waals surface area contributed by atoms with Gasteiger partial charge in [-0.2, -0.15) is 0 Å². The Hall–Kier alpha value is -0.730. The molecule has 0 atom stereocenters. The van der Waals surface area contributed by atoms with E-state index in [0.717, 1.165) is 12.8 Å². The molecule has 0 saturated heterocycles. The Kier molecular flexibility index (Phi) is 13.3. The van der Waals surface area contributed by atoms with E-state index in [1.165, 1.54) is 0 Å². The number of hydrogen-bond acceptors (Lipinski definition) is 1. The molecule has 0 aliphatic rings. The smallest absolute Gasteiger partial charge is 0.312 e. The highest BCUT2D eigenvalue weighted by Gasteiger charge is 1.86. The number of carbonyl (C=O) groups excluding carboxylic acids is 1. The van der Waals surface area contributed by atoms with E-state index >= 15 is 0 Å². The zero-order valence-corrected chi connectivity index (χ0v) is 7.11. The third-order valence-electron chi connectivity index (χ3n) is 0.830. The van der Waals surface area contributed by atoms with Crippen molar-refractivity contribution in [3.05, 3.63) is 0 Å². The van der Waals surface area contributed by atoms with E-state index < -0.39 is 6.03 Å². The van der Waals surface area contributed by atoms with Crippen molar-refractivity contribution in [1.29, 1.82) is 0 Å². The predicted octanol–water partition coefficient (Wildman–Crippen LogP) is 1.48. The van der Waals surface area contributed by atoms with Gasteiger partial charge < -0.3 is 11.1 Å². The van der Waals surface area contributed by atoms with Crippen molar-refractivity contribution >= 4 is 6.03 Å². The fraction of sp³-hybridized carbons (Fsp3) is 0.857. The van der Waals surface area contributed by atoms with Crippen LogP contribution in [0.1, 0.15) is 33.6 Å². The highest BCUT2D eigenvalue weighted by Crippen LogP contribution is 1.80. The number of nitrogens with one attached hydrogen (secondary N) is 1. The lowest BCUT2D eigenvalue weighted by molar-refractivity contribution is 0.249. The fourth-order valence-corrected chi connectivity index (χ4v) is 0.388. The maximum atomic E-state index is 9.99. The van der Waals surface area contributed by atoms with Gasteiger partial charge in [-0.1, -0.05) is 27.2 Å². The first-order valence-electron chi connectivity index (χ1n) is 3.80. The number of nitrogens with two attached hydrogens (primary N) is 1. The molecule has 0 aromatic carbocycles. The Labute approximate surface area is 63.0 Å². The molecule has 0 bridgehead atoms. The van der Waals surface area contributed by atoms with Crippen LogP contribution in [-0.4, -0.2) is 12.6 Å². The van der Waals surface area contributed by atoms with Crippen molar-refractivity contribution in [2.24, 2.45) is 5.73 Å². The molecule has 3 nitrogen and oxygen atoms in total.